The lowest BCUT2D eigenvalue weighted by molar-refractivity contribution is 0.131. The number of nitrogens with one attached hydrogen (secondary N) is 1. The van der Waals surface area contributed by atoms with Gasteiger partial charge in [-0.05, 0) is 60.4 Å². The molecule has 1 fully saturated rings. The number of methoxy groups -OCH3 is 1. The first-order chi connectivity index (χ1) is 15.0. The first-order valence-electron chi connectivity index (χ1n) is 11.2. The Morgan fingerprint density at radius 2 is 1.97 bits per heavy atom. The summed E-state index contributed by atoms with van der Waals surface area (Å²) in [6.45, 7) is 6.53. The quantitative estimate of drug-likeness (QED) is 0.598. The van der Waals surface area contributed by atoms with Gasteiger partial charge in [0.15, 0.2) is 5.82 Å². The summed E-state index contributed by atoms with van der Waals surface area (Å²) in [5, 5.41) is 13.4. The summed E-state index contributed by atoms with van der Waals surface area (Å²) in [6, 6.07) is 6.69. The second-order valence-corrected chi connectivity index (χ2v) is 8.67. The lowest BCUT2D eigenvalue weighted by Crippen LogP contribution is -2.38. The smallest absolute Gasteiger partial charge is 0.252 e. The zero-order valence-electron chi connectivity index (χ0n) is 18.7. The van der Waals surface area contributed by atoms with Crippen molar-refractivity contribution in [2.45, 2.75) is 71.6 Å². The number of fused-ring (bicyclic) bond motifs is 1. The van der Waals surface area contributed by atoms with E-state index in [0.717, 1.165) is 40.7 Å². The Bertz CT molecular complexity index is 1080. The minimum atomic E-state index is -0.0164. The highest BCUT2D eigenvalue weighted by Crippen LogP contribution is 2.26. The maximum atomic E-state index is 12.9. The van der Waals surface area contributed by atoms with Gasteiger partial charge in [-0.25, -0.2) is 4.68 Å². The van der Waals surface area contributed by atoms with E-state index in [-0.39, 0.29) is 5.56 Å². The molecule has 0 amide bonds. The van der Waals surface area contributed by atoms with Crippen LogP contribution in [0.4, 0.5) is 0 Å². The second-order valence-electron chi connectivity index (χ2n) is 8.67. The van der Waals surface area contributed by atoms with Gasteiger partial charge in [-0.1, -0.05) is 25.3 Å². The molecule has 1 saturated carbocycles. The number of H-pyrrole nitrogens is 1. The van der Waals surface area contributed by atoms with Gasteiger partial charge in [-0.3, -0.25) is 9.69 Å². The molecule has 8 nitrogen and oxygen atoms in total. The van der Waals surface area contributed by atoms with Crippen molar-refractivity contribution in [2.75, 3.05) is 13.7 Å². The normalized spacial score (nSPS) is 15.2. The highest BCUT2D eigenvalue weighted by molar-refractivity contribution is 5.83. The summed E-state index contributed by atoms with van der Waals surface area (Å²) in [6.07, 6.45) is 6.02. The number of aromatic nitrogens is 5. The van der Waals surface area contributed by atoms with E-state index in [2.05, 4.69) is 51.4 Å². The van der Waals surface area contributed by atoms with Crippen LogP contribution in [0.25, 0.3) is 10.9 Å². The molecule has 1 N–H and O–H groups in total. The number of tetrazole rings is 1. The Balaban J connectivity index is 1.64. The lowest BCUT2D eigenvalue weighted by atomic mass is 9.93. The number of nitrogens with zero attached hydrogens (tertiary/aromatic N) is 5. The summed E-state index contributed by atoms with van der Waals surface area (Å²) in [5.41, 5.74) is 4.01. The van der Waals surface area contributed by atoms with Gasteiger partial charge in [-0.15, -0.1) is 5.10 Å². The van der Waals surface area contributed by atoms with Gasteiger partial charge >= 0.3 is 0 Å². The number of aromatic amines is 1. The molecule has 8 heteroatoms. The number of benzene rings is 1. The maximum Gasteiger partial charge on any atom is 0.252 e. The number of hydrogen-bond acceptors (Lipinski definition) is 6. The van der Waals surface area contributed by atoms with Crippen LogP contribution in [0.2, 0.25) is 0 Å². The molecule has 0 radical (unpaired) electrons. The molecule has 3 aromatic rings. The molecule has 2 aromatic heterocycles. The minimum absolute atomic E-state index is 0.0164. The van der Waals surface area contributed by atoms with Gasteiger partial charge in [0.1, 0.15) is 0 Å². The summed E-state index contributed by atoms with van der Waals surface area (Å²) >= 11 is 0. The molecule has 0 aliphatic heterocycles. The van der Waals surface area contributed by atoms with Crippen molar-refractivity contribution in [1.82, 2.24) is 30.1 Å². The predicted molar refractivity (Wildman–Crippen MR) is 120 cm³/mol. The monoisotopic (exact) mass is 424 g/mol. The van der Waals surface area contributed by atoms with Crippen molar-refractivity contribution in [3.05, 3.63) is 51.1 Å². The molecular formula is C23H32N6O2. The Morgan fingerprint density at radius 1 is 1.16 bits per heavy atom. The number of pyridine rings is 1. The van der Waals surface area contributed by atoms with Gasteiger partial charge in [0.05, 0.1) is 19.7 Å². The molecule has 0 spiro atoms. The zero-order valence-corrected chi connectivity index (χ0v) is 18.7. The van der Waals surface area contributed by atoms with Crippen molar-refractivity contribution < 1.29 is 4.74 Å². The Hall–Kier alpha value is -2.58. The van der Waals surface area contributed by atoms with Crippen molar-refractivity contribution in [2.24, 2.45) is 0 Å². The third-order valence-electron chi connectivity index (χ3n) is 6.31. The van der Waals surface area contributed by atoms with Crippen LogP contribution in [0.1, 0.15) is 54.6 Å². The van der Waals surface area contributed by atoms with Crippen LogP contribution >= 0.6 is 0 Å². The summed E-state index contributed by atoms with van der Waals surface area (Å²) in [4.78, 5) is 18.4. The van der Waals surface area contributed by atoms with Crippen LogP contribution in [0.5, 0.6) is 0 Å². The van der Waals surface area contributed by atoms with Crippen LogP contribution in [-0.2, 0) is 24.4 Å². The third kappa shape index (κ3) is 5.02. The lowest BCUT2D eigenvalue weighted by Gasteiger charge is -2.33. The van der Waals surface area contributed by atoms with Gasteiger partial charge in [0, 0.05) is 36.2 Å². The molecule has 0 atom stereocenters. The van der Waals surface area contributed by atoms with Crippen LogP contribution in [0.15, 0.2) is 23.0 Å². The molecule has 1 aliphatic carbocycles. The molecule has 31 heavy (non-hydrogen) atoms. The minimum Gasteiger partial charge on any atom is -0.383 e. The van der Waals surface area contributed by atoms with E-state index in [1.165, 1.54) is 24.8 Å². The van der Waals surface area contributed by atoms with Crippen LogP contribution in [0.3, 0.4) is 0 Å². The van der Waals surface area contributed by atoms with E-state index >= 15 is 0 Å². The van der Waals surface area contributed by atoms with Crippen LogP contribution in [0, 0.1) is 13.8 Å². The molecular weight excluding hydrogens is 392 g/mol. The highest BCUT2D eigenvalue weighted by Gasteiger charge is 2.24. The van der Waals surface area contributed by atoms with Gasteiger partial charge < -0.3 is 9.72 Å². The van der Waals surface area contributed by atoms with Gasteiger partial charge in [0.25, 0.3) is 5.56 Å². The van der Waals surface area contributed by atoms with E-state index in [1.807, 2.05) is 6.07 Å². The summed E-state index contributed by atoms with van der Waals surface area (Å²) in [5.74, 6) is 0.812. The maximum absolute atomic E-state index is 12.9. The van der Waals surface area contributed by atoms with E-state index in [9.17, 15) is 4.79 Å². The van der Waals surface area contributed by atoms with Crippen LogP contribution in [-0.4, -0.2) is 49.8 Å². The molecule has 0 unspecified atom stereocenters. The van der Waals surface area contributed by atoms with Crippen molar-refractivity contribution in [3.63, 3.8) is 0 Å². The number of rotatable bonds is 8. The van der Waals surface area contributed by atoms with Crippen molar-refractivity contribution in [1.29, 1.82) is 0 Å². The number of ether oxygens (including phenoxy) is 1. The Labute approximate surface area is 182 Å². The van der Waals surface area contributed by atoms with E-state index in [1.54, 1.807) is 11.8 Å². The Morgan fingerprint density at radius 3 is 2.74 bits per heavy atom. The fourth-order valence-corrected chi connectivity index (χ4v) is 4.68. The third-order valence-corrected chi connectivity index (χ3v) is 6.31. The van der Waals surface area contributed by atoms with E-state index in [4.69, 9.17) is 4.74 Å². The Kier molecular flexibility index (Phi) is 6.77. The zero-order chi connectivity index (χ0) is 21.8. The first-order valence-corrected chi connectivity index (χ1v) is 11.2. The van der Waals surface area contributed by atoms with Crippen molar-refractivity contribution in [3.8, 4) is 0 Å². The van der Waals surface area contributed by atoms with E-state index in [0.29, 0.717) is 32.3 Å². The average molecular weight is 425 g/mol. The standard InChI is InChI=1S/C23H32N6O2/c1-16-11-17(2)20-13-18(23(30)24-21(20)12-16)14-28(19-7-5-4-6-8-19)15-22-25-26-27-29(22)9-10-31-3/h11-13,19H,4-10,14-15H2,1-3H3,(H,24,30). The molecule has 2 heterocycles. The number of aryl methyl sites for hydroxylation is 2. The molecule has 4 rings (SSSR count). The fraction of sp³-hybridized carbons (Fsp3) is 0.565. The molecule has 1 aliphatic rings. The summed E-state index contributed by atoms with van der Waals surface area (Å²) in [7, 11) is 1.67. The topological polar surface area (TPSA) is 88.9 Å². The second kappa shape index (κ2) is 9.70. The van der Waals surface area contributed by atoms with E-state index < -0.39 is 0 Å². The van der Waals surface area contributed by atoms with Gasteiger partial charge in [0.2, 0.25) is 0 Å². The molecule has 166 valence electrons. The molecule has 0 bridgehead atoms. The largest absolute Gasteiger partial charge is 0.383 e. The fourth-order valence-electron chi connectivity index (χ4n) is 4.68. The summed E-state index contributed by atoms with van der Waals surface area (Å²) < 4.78 is 6.99. The van der Waals surface area contributed by atoms with Crippen molar-refractivity contribution >= 4 is 10.9 Å². The molecule has 1 aromatic carbocycles. The first kappa shape index (κ1) is 21.6. The highest BCUT2D eigenvalue weighted by atomic mass is 16.5. The molecule has 0 saturated heterocycles. The van der Waals surface area contributed by atoms with Gasteiger partial charge in [-0.2, -0.15) is 0 Å². The SMILES string of the molecule is COCCn1nnnc1CN(Cc1cc2c(C)cc(C)cc2[nH]c1=O)C1CCCCC1. The average Bonchev–Trinajstić information content (AvgIpc) is 3.20. The van der Waals surface area contributed by atoms with Crippen LogP contribution < -0.4 is 5.56 Å². The predicted octanol–water partition coefficient (Wildman–Crippen LogP) is 3.11. The number of hydrogen-bond donors (Lipinski definition) is 1.